The second kappa shape index (κ2) is 16.3. The van der Waals surface area contributed by atoms with E-state index in [-0.39, 0.29) is 24.8 Å². The quantitative estimate of drug-likeness (QED) is 0.174. The summed E-state index contributed by atoms with van der Waals surface area (Å²) in [7, 11) is 3.31. The Balaban J connectivity index is 1.37. The van der Waals surface area contributed by atoms with Crippen LogP contribution in [0.15, 0.2) is 72.8 Å². The van der Waals surface area contributed by atoms with E-state index >= 15 is 0 Å². The maximum Gasteiger partial charge on any atom is 0.329 e. The molecule has 0 saturated carbocycles. The Morgan fingerprint density at radius 3 is 2.24 bits per heavy atom. The number of nitrogens with one attached hydrogen (secondary N) is 2. The van der Waals surface area contributed by atoms with Crippen molar-refractivity contribution in [3.63, 3.8) is 0 Å². The van der Waals surface area contributed by atoms with E-state index in [2.05, 4.69) is 10.6 Å². The van der Waals surface area contributed by atoms with E-state index in [1.54, 1.807) is 32.4 Å². The van der Waals surface area contributed by atoms with Crippen molar-refractivity contribution >= 4 is 28.7 Å². The fourth-order valence-corrected chi connectivity index (χ4v) is 5.10. The van der Waals surface area contributed by atoms with Gasteiger partial charge in [0.2, 0.25) is 5.91 Å². The number of aryl methyl sites for hydroxylation is 1. The lowest BCUT2D eigenvalue weighted by Gasteiger charge is -2.19. The molecular formula is C35H41N3O7. The number of para-hydroxylation sites is 1. The molecule has 1 unspecified atom stereocenters. The summed E-state index contributed by atoms with van der Waals surface area (Å²) in [5.74, 6) is 0.0967. The summed E-state index contributed by atoms with van der Waals surface area (Å²) < 4.78 is 18.2. The Morgan fingerprint density at radius 1 is 0.867 bits per heavy atom. The lowest BCUT2D eigenvalue weighted by molar-refractivity contribution is -0.141. The molecule has 0 bridgehead atoms. The summed E-state index contributed by atoms with van der Waals surface area (Å²) in [6.07, 6.45) is 3.27. The van der Waals surface area contributed by atoms with Gasteiger partial charge < -0.3 is 29.7 Å². The molecule has 4 rings (SSSR count). The van der Waals surface area contributed by atoms with Crippen molar-refractivity contribution in [3.05, 3.63) is 95.2 Å². The lowest BCUT2D eigenvalue weighted by Crippen LogP contribution is -2.50. The number of hydrogen-bond donors (Lipinski definition) is 2. The molecule has 0 aliphatic carbocycles. The van der Waals surface area contributed by atoms with Crippen LogP contribution in [0.5, 0.6) is 11.5 Å². The van der Waals surface area contributed by atoms with Gasteiger partial charge in [-0.15, -0.1) is 0 Å². The molecule has 0 aliphatic heterocycles. The number of ether oxygens (including phenoxy) is 3. The van der Waals surface area contributed by atoms with E-state index in [1.807, 2.05) is 61.5 Å². The first-order valence-electron chi connectivity index (χ1n) is 15.0. The maximum absolute atomic E-state index is 13.5. The summed E-state index contributed by atoms with van der Waals surface area (Å²) in [6, 6.07) is 21.4. The molecule has 0 radical (unpaired) electrons. The van der Waals surface area contributed by atoms with Gasteiger partial charge in [0, 0.05) is 24.4 Å². The number of carbonyl (C=O) groups is 3. The molecule has 2 N–H and O–H groups in total. The van der Waals surface area contributed by atoms with Crippen LogP contribution >= 0.6 is 0 Å². The zero-order chi connectivity index (χ0) is 32.2. The Morgan fingerprint density at radius 2 is 1.56 bits per heavy atom. The second-order valence-electron chi connectivity index (χ2n) is 10.7. The molecule has 0 aliphatic rings. The van der Waals surface area contributed by atoms with Gasteiger partial charge in [-0.25, -0.2) is 4.79 Å². The van der Waals surface area contributed by atoms with Crippen molar-refractivity contribution < 1.29 is 33.4 Å². The average molecular weight is 616 g/mol. The maximum atomic E-state index is 13.5. The molecule has 45 heavy (non-hydrogen) atoms. The van der Waals surface area contributed by atoms with Gasteiger partial charge in [0.25, 0.3) is 5.91 Å². The normalized spacial score (nSPS) is 11.6. The highest BCUT2D eigenvalue weighted by Crippen LogP contribution is 2.31. The van der Waals surface area contributed by atoms with E-state index in [9.17, 15) is 14.4 Å². The minimum Gasteiger partial charge on any atom is -0.496 e. The molecule has 0 spiro atoms. The number of carbonyl (C=O) groups excluding carboxylic acids is 3. The summed E-state index contributed by atoms with van der Waals surface area (Å²) in [6.45, 7) is 3.92. The van der Waals surface area contributed by atoms with Crippen molar-refractivity contribution in [2.75, 3.05) is 27.4 Å². The fourth-order valence-electron chi connectivity index (χ4n) is 5.10. The summed E-state index contributed by atoms with van der Waals surface area (Å²) in [4.78, 5) is 43.9. The third-order valence-corrected chi connectivity index (χ3v) is 7.29. The van der Waals surface area contributed by atoms with Crippen molar-refractivity contribution in [1.29, 1.82) is 0 Å². The first-order valence-corrected chi connectivity index (χ1v) is 15.0. The molecular weight excluding hydrogens is 574 g/mol. The Kier molecular flexibility index (Phi) is 12.0. The highest BCUT2D eigenvalue weighted by molar-refractivity contribution is 6.01. The largest absolute Gasteiger partial charge is 0.496 e. The molecule has 0 saturated heterocycles. The van der Waals surface area contributed by atoms with Crippen LogP contribution in [0.25, 0.3) is 10.9 Å². The Hall–Kier alpha value is -4.83. The number of rotatable bonds is 16. The molecule has 3 aromatic carbocycles. The number of aromatic nitrogens is 1. The van der Waals surface area contributed by atoms with Gasteiger partial charge in [0.05, 0.1) is 33.0 Å². The van der Waals surface area contributed by atoms with E-state index in [0.717, 1.165) is 53.9 Å². The highest BCUT2D eigenvalue weighted by atomic mass is 16.7. The van der Waals surface area contributed by atoms with Crippen LogP contribution in [0.2, 0.25) is 0 Å². The molecule has 238 valence electrons. The number of unbranched alkanes of at least 4 members (excludes halogenated alkanes) is 2. The van der Waals surface area contributed by atoms with Gasteiger partial charge in [0.1, 0.15) is 23.2 Å². The fraction of sp³-hybridized carbons (Fsp3) is 0.343. The summed E-state index contributed by atoms with van der Waals surface area (Å²) >= 11 is 0. The SMILES string of the molecule is COc1cc(C)cc(OC)c1CCCCCNC(=O)C(COCc1ccccc1)NC(=O)c1cc2ccccc2n1OC(C)=O. The predicted octanol–water partition coefficient (Wildman–Crippen LogP) is 4.79. The summed E-state index contributed by atoms with van der Waals surface area (Å²) in [5, 5.41) is 6.43. The molecule has 1 atom stereocenters. The molecule has 10 nitrogen and oxygen atoms in total. The third-order valence-electron chi connectivity index (χ3n) is 7.29. The van der Waals surface area contributed by atoms with Gasteiger partial charge in [-0.2, -0.15) is 4.73 Å². The first-order chi connectivity index (χ1) is 21.8. The van der Waals surface area contributed by atoms with Crippen LogP contribution in [0.4, 0.5) is 0 Å². The minimum atomic E-state index is -0.980. The molecule has 1 heterocycles. The van der Waals surface area contributed by atoms with E-state index < -0.39 is 17.9 Å². The molecule has 10 heteroatoms. The topological polar surface area (TPSA) is 117 Å². The van der Waals surface area contributed by atoms with Gasteiger partial charge in [-0.1, -0.05) is 55.0 Å². The van der Waals surface area contributed by atoms with Crippen LogP contribution in [0.3, 0.4) is 0 Å². The Labute approximate surface area is 263 Å². The highest BCUT2D eigenvalue weighted by Gasteiger charge is 2.25. The third kappa shape index (κ3) is 9.09. The smallest absolute Gasteiger partial charge is 0.329 e. The Bertz CT molecular complexity index is 1570. The predicted molar refractivity (Wildman–Crippen MR) is 171 cm³/mol. The van der Waals surface area contributed by atoms with Crippen molar-refractivity contribution in [2.45, 2.75) is 52.2 Å². The number of fused-ring (bicyclic) bond motifs is 1. The van der Waals surface area contributed by atoms with E-state index in [1.165, 1.54) is 11.7 Å². The van der Waals surface area contributed by atoms with E-state index in [4.69, 9.17) is 19.0 Å². The van der Waals surface area contributed by atoms with Crippen molar-refractivity contribution in [2.24, 2.45) is 0 Å². The van der Waals surface area contributed by atoms with E-state index in [0.29, 0.717) is 17.4 Å². The molecule has 1 aromatic heterocycles. The summed E-state index contributed by atoms with van der Waals surface area (Å²) in [5.41, 5.74) is 3.69. The molecule has 2 amide bonds. The number of benzene rings is 3. The van der Waals surface area contributed by atoms with Gasteiger partial charge in [-0.05, 0) is 61.6 Å². The van der Waals surface area contributed by atoms with Gasteiger partial charge in [-0.3, -0.25) is 9.59 Å². The van der Waals surface area contributed by atoms with Crippen LogP contribution in [-0.4, -0.2) is 55.9 Å². The van der Waals surface area contributed by atoms with Gasteiger partial charge >= 0.3 is 5.97 Å². The van der Waals surface area contributed by atoms with Crippen LogP contribution in [0, 0.1) is 6.92 Å². The average Bonchev–Trinajstić information content (AvgIpc) is 3.40. The molecule has 0 fully saturated rings. The minimum absolute atomic E-state index is 0.0483. The number of amides is 2. The van der Waals surface area contributed by atoms with Crippen molar-refractivity contribution in [1.82, 2.24) is 15.4 Å². The zero-order valence-corrected chi connectivity index (χ0v) is 26.3. The lowest BCUT2D eigenvalue weighted by atomic mass is 10.0. The van der Waals surface area contributed by atoms with Gasteiger partial charge in [0.15, 0.2) is 0 Å². The monoisotopic (exact) mass is 615 g/mol. The van der Waals surface area contributed by atoms with Crippen LogP contribution < -0.4 is 24.9 Å². The molecule has 4 aromatic rings. The number of methoxy groups -OCH3 is 2. The first kappa shape index (κ1) is 33.1. The van der Waals surface area contributed by atoms with Crippen LogP contribution in [0.1, 0.15) is 53.4 Å². The standard InChI is InChI=1S/C35H41N3O7/c1-24-19-32(42-3)28(33(20-24)43-4)16-9-6-12-18-36-34(40)29(23-44-22-26-13-7-5-8-14-26)37-35(41)31-21-27-15-10-11-17-30(27)38(31)45-25(2)39/h5,7-8,10-11,13-15,17,19-21,29H,6,9,12,16,18,22-23H2,1-4H3,(H,36,40)(H,37,41). The zero-order valence-electron chi connectivity index (χ0n) is 26.3. The number of hydrogen-bond acceptors (Lipinski definition) is 7. The van der Waals surface area contributed by atoms with Crippen LogP contribution in [-0.2, 0) is 27.4 Å². The number of nitrogens with zero attached hydrogens (tertiary/aromatic N) is 1. The second-order valence-corrected chi connectivity index (χ2v) is 10.7. The van der Waals surface area contributed by atoms with Crippen molar-refractivity contribution in [3.8, 4) is 11.5 Å².